The van der Waals surface area contributed by atoms with Crippen molar-refractivity contribution < 1.29 is 21.1 Å². The van der Waals surface area contributed by atoms with E-state index >= 15 is 0 Å². The van der Waals surface area contributed by atoms with Crippen LogP contribution in [0.2, 0.25) is 0 Å². The van der Waals surface area contributed by atoms with Gasteiger partial charge in [-0.3, -0.25) is 9.36 Å². The number of hydrogen-bond donors (Lipinski definition) is 0. The van der Waals surface area contributed by atoms with Gasteiger partial charge in [0, 0.05) is 12.4 Å². The maximum Gasteiger partial charge on any atom is 2.00 e. The third-order valence-electron chi connectivity index (χ3n) is 8.58. The molecule has 2 heterocycles. The molecule has 0 fully saturated rings. The average Bonchev–Trinajstić information content (AvgIpc) is 3.74. The molecule has 2 aromatic heterocycles. The molecule has 4 aromatic carbocycles. The van der Waals surface area contributed by atoms with Crippen molar-refractivity contribution in [3.05, 3.63) is 155 Å². The molecule has 0 aliphatic heterocycles. The molecule has 46 heavy (non-hydrogen) atoms. The molecule has 0 saturated heterocycles. The number of hydrogen-bond acceptors (Lipinski definition) is 2. The standard InChI is InChI=1S/C41H40N4.Pt/c1-39(2,3)27-29-15-19-31(20-16-29)44-25-23-37(42-44)41(35-13-9-7-11-33(35)34-12-8-10-14-36(34)41)38-24-26-45(43-38)32-21-17-30(18-22-32)28-40(4,5)6;/h7-19,21,23-26H,27-28H2,1-6H3;/q-2;+2. The Morgan fingerprint density at radius 3 is 1.35 bits per heavy atom. The zero-order valence-electron chi connectivity index (χ0n) is 27.4. The Bertz CT molecular complexity index is 1820. The van der Waals surface area contributed by atoms with Crippen LogP contribution in [-0.4, -0.2) is 19.6 Å². The van der Waals surface area contributed by atoms with Crippen molar-refractivity contribution in [2.45, 2.75) is 59.8 Å². The second kappa shape index (κ2) is 12.0. The molecule has 0 spiro atoms. The molecule has 0 N–H and O–H groups in total. The largest absolute Gasteiger partial charge is 2.00 e. The summed E-state index contributed by atoms with van der Waals surface area (Å²) in [6.45, 7) is 13.6. The molecule has 0 radical (unpaired) electrons. The number of fused-ring (bicyclic) bond motifs is 3. The van der Waals surface area contributed by atoms with Crippen LogP contribution in [0.25, 0.3) is 22.5 Å². The molecule has 1 aliphatic rings. The molecule has 234 valence electrons. The first-order valence-corrected chi connectivity index (χ1v) is 15.8. The third kappa shape index (κ3) is 5.84. The van der Waals surface area contributed by atoms with Crippen LogP contribution in [0.1, 0.15) is 75.2 Å². The minimum atomic E-state index is -0.679. The van der Waals surface area contributed by atoms with Crippen LogP contribution in [0.3, 0.4) is 0 Å². The molecule has 0 amide bonds. The van der Waals surface area contributed by atoms with Gasteiger partial charge in [0.15, 0.2) is 0 Å². The normalized spacial score (nSPS) is 13.6. The van der Waals surface area contributed by atoms with Crippen LogP contribution < -0.4 is 0 Å². The van der Waals surface area contributed by atoms with Crippen LogP contribution in [0.4, 0.5) is 0 Å². The van der Waals surface area contributed by atoms with E-state index in [1.54, 1.807) is 0 Å². The summed E-state index contributed by atoms with van der Waals surface area (Å²) < 4.78 is 3.89. The summed E-state index contributed by atoms with van der Waals surface area (Å²) in [7, 11) is 0. The SMILES string of the molecule is CC(C)(C)Cc1c[c-]c(-n2ccc(C3(c4ccn(-c5[c-]cc(CC(C)(C)C)cc5)n4)c4ccccc4-c4ccccc43)n2)cc1.[Pt+2]. The van der Waals surface area contributed by atoms with Gasteiger partial charge in [0.05, 0.1) is 11.4 Å². The van der Waals surface area contributed by atoms with Gasteiger partial charge in [0.25, 0.3) is 0 Å². The van der Waals surface area contributed by atoms with Crippen molar-refractivity contribution in [1.29, 1.82) is 0 Å². The van der Waals surface area contributed by atoms with Gasteiger partial charge in [0.1, 0.15) is 5.41 Å². The van der Waals surface area contributed by atoms with Gasteiger partial charge in [-0.15, -0.1) is 12.1 Å². The first-order valence-electron chi connectivity index (χ1n) is 15.8. The second-order valence-electron chi connectivity index (χ2n) is 14.8. The van der Waals surface area contributed by atoms with E-state index in [1.165, 1.54) is 33.4 Å². The van der Waals surface area contributed by atoms with Gasteiger partial charge in [-0.2, -0.15) is 57.7 Å². The fourth-order valence-electron chi connectivity index (χ4n) is 6.86. The van der Waals surface area contributed by atoms with Crippen LogP contribution in [0.5, 0.6) is 0 Å². The molecule has 0 atom stereocenters. The van der Waals surface area contributed by atoms with Crippen LogP contribution in [0.15, 0.2) is 109 Å². The smallest absolute Gasteiger partial charge is 0.265 e. The van der Waals surface area contributed by atoms with Crippen LogP contribution in [0, 0.1) is 23.0 Å². The molecule has 0 saturated carbocycles. The summed E-state index contributed by atoms with van der Waals surface area (Å²) in [5.74, 6) is 0. The van der Waals surface area contributed by atoms with E-state index in [2.05, 4.69) is 163 Å². The summed E-state index contributed by atoms with van der Waals surface area (Å²) in [5.41, 5.74) is 10.8. The predicted octanol–water partition coefficient (Wildman–Crippen LogP) is 9.20. The average molecular weight is 784 g/mol. The van der Waals surface area contributed by atoms with Gasteiger partial charge in [-0.05, 0) is 56.6 Å². The van der Waals surface area contributed by atoms with Gasteiger partial charge >= 0.3 is 21.1 Å². The summed E-state index contributed by atoms with van der Waals surface area (Å²) in [6.07, 6.45) is 6.11. The van der Waals surface area contributed by atoms with E-state index in [0.717, 1.165) is 35.6 Å². The first-order chi connectivity index (χ1) is 21.5. The number of benzene rings is 4. The topological polar surface area (TPSA) is 35.6 Å². The molecule has 5 heteroatoms. The van der Waals surface area contributed by atoms with Gasteiger partial charge in [-0.25, -0.2) is 0 Å². The zero-order valence-corrected chi connectivity index (χ0v) is 29.7. The van der Waals surface area contributed by atoms with Crippen molar-refractivity contribution in [1.82, 2.24) is 19.6 Å². The van der Waals surface area contributed by atoms with Crippen molar-refractivity contribution in [2.75, 3.05) is 0 Å². The van der Waals surface area contributed by atoms with Gasteiger partial charge < -0.3 is 0 Å². The predicted molar refractivity (Wildman–Crippen MR) is 182 cm³/mol. The van der Waals surface area contributed by atoms with E-state index < -0.39 is 5.41 Å². The monoisotopic (exact) mass is 783 g/mol. The minimum Gasteiger partial charge on any atom is -0.265 e. The van der Waals surface area contributed by atoms with E-state index in [0.29, 0.717) is 0 Å². The van der Waals surface area contributed by atoms with Crippen LogP contribution in [-0.2, 0) is 39.3 Å². The molecule has 6 aromatic rings. The Morgan fingerprint density at radius 2 is 0.978 bits per heavy atom. The number of rotatable bonds is 6. The molecule has 0 bridgehead atoms. The summed E-state index contributed by atoms with van der Waals surface area (Å²) in [4.78, 5) is 0. The maximum atomic E-state index is 5.27. The maximum absolute atomic E-state index is 5.27. The summed E-state index contributed by atoms with van der Waals surface area (Å²) in [6, 6.07) is 41.5. The Balaban J connectivity index is 0.00000372. The number of nitrogens with zero attached hydrogens (tertiary/aromatic N) is 4. The van der Waals surface area contributed by atoms with Gasteiger partial charge in [0.2, 0.25) is 0 Å². The van der Waals surface area contributed by atoms with Crippen molar-refractivity contribution in [3.8, 4) is 22.5 Å². The Hall–Kier alpha value is -4.01. The summed E-state index contributed by atoms with van der Waals surface area (Å²) in [5, 5.41) is 10.5. The van der Waals surface area contributed by atoms with E-state index in [1.807, 2.05) is 9.36 Å². The van der Waals surface area contributed by atoms with E-state index in [-0.39, 0.29) is 31.9 Å². The third-order valence-corrected chi connectivity index (χ3v) is 8.58. The molecule has 1 aliphatic carbocycles. The first kappa shape index (κ1) is 31.9. The molecular weight excluding hydrogens is 744 g/mol. The molecular formula is C41H40N4Pt. The zero-order chi connectivity index (χ0) is 31.4. The van der Waals surface area contributed by atoms with Crippen molar-refractivity contribution >= 4 is 0 Å². The van der Waals surface area contributed by atoms with Gasteiger partial charge in [-0.1, -0.05) is 103 Å². The quantitative estimate of drug-likeness (QED) is 0.158. The van der Waals surface area contributed by atoms with E-state index in [4.69, 9.17) is 10.2 Å². The van der Waals surface area contributed by atoms with Crippen molar-refractivity contribution in [3.63, 3.8) is 0 Å². The molecule has 4 nitrogen and oxygen atoms in total. The molecule has 7 rings (SSSR count). The van der Waals surface area contributed by atoms with Crippen LogP contribution >= 0.6 is 0 Å². The van der Waals surface area contributed by atoms with Crippen molar-refractivity contribution in [2.24, 2.45) is 10.8 Å². The fourth-order valence-corrected chi connectivity index (χ4v) is 6.86. The summed E-state index contributed by atoms with van der Waals surface area (Å²) >= 11 is 0. The Labute approximate surface area is 287 Å². The minimum absolute atomic E-state index is 0. The Morgan fingerprint density at radius 1 is 0.565 bits per heavy atom. The second-order valence-corrected chi connectivity index (χ2v) is 14.8. The number of aromatic nitrogens is 4. The fraction of sp³-hybridized carbons (Fsp3) is 0.268. The van der Waals surface area contributed by atoms with E-state index in [9.17, 15) is 0 Å². The Kier molecular flexibility index (Phi) is 8.32. The molecule has 0 unspecified atom stereocenters.